The van der Waals surface area contributed by atoms with Crippen molar-refractivity contribution >= 4 is 0 Å². The van der Waals surface area contributed by atoms with E-state index < -0.39 is 0 Å². The Kier molecular flexibility index (Phi) is 5.15. The molecule has 0 heterocycles. The first kappa shape index (κ1) is 9.94. The summed E-state index contributed by atoms with van der Waals surface area (Å²) in [6.07, 6.45) is 0.784. The van der Waals surface area contributed by atoms with E-state index in [4.69, 9.17) is 10.5 Å². The van der Waals surface area contributed by atoms with Crippen LogP contribution < -0.4 is 0 Å². The molecule has 0 fully saturated rings. The molecule has 3 nitrogen and oxygen atoms in total. The van der Waals surface area contributed by atoms with Gasteiger partial charge in [-0.3, -0.25) is 4.90 Å². The Balaban J connectivity index is 4.03. The lowest BCUT2D eigenvalue weighted by Crippen LogP contribution is -2.33. The summed E-state index contributed by atoms with van der Waals surface area (Å²) in [5.74, 6) is 0. The fourth-order valence-electron chi connectivity index (χ4n) is 0.964. The van der Waals surface area contributed by atoms with E-state index >= 15 is 0 Å². The molecule has 0 aliphatic rings. The summed E-state index contributed by atoms with van der Waals surface area (Å²) in [5, 5.41) is 17.1. The van der Waals surface area contributed by atoms with Gasteiger partial charge in [0.05, 0.1) is 24.7 Å². The molecular weight excluding hydrogens is 138 g/mol. The zero-order valence-electron chi connectivity index (χ0n) is 7.04. The van der Waals surface area contributed by atoms with Crippen molar-refractivity contribution in [2.45, 2.75) is 26.3 Å². The Hall–Kier alpha value is -1.06. The Morgan fingerprint density at radius 1 is 1.36 bits per heavy atom. The van der Waals surface area contributed by atoms with Crippen LogP contribution in [0.25, 0.3) is 0 Å². The van der Waals surface area contributed by atoms with E-state index in [2.05, 4.69) is 6.07 Å². The van der Waals surface area contributed by atoms with Gasteiger partial charge in [-0.15, -0.1) is 0 Å². The maximum Gasteiger partial charge on any atom is 0.0983 e. The van der Waals surface area contributed by atoms with E-state index in [1.54, 1.807) is 0 Å². The number of hydrogen-bond acceptors (Lipinski definition) is 3. The van der Waals surface area contributed by atoms with Crippen LogP contribution in [0.3, 0.4) is 0 Å². The molecule has 0 saturated carbocycles. The normalized spacial score (nSPS) is 12.1. The standard InChI is InChI=1S/C8H13N3/c1-3-8(7-10)11(4-2)6-5-9/h8H,3-4,6H2,1-2H3. The number of nitriles is 2. The first-order valence-corrected chi connectivity index (χ1v) is 3.80. The van der Waals surface area contributed by atoms with E-state index in [1.807, 2.05) is 24.8 Å². The fourth-order valence-corrected chi connectivity index (χ4v) is 0.964. The molecular formula is C8H13N3. The molecule has 0 amide bonds. The van der Waals surface area contributed by atoms with Crippen LogP contribution in [-0.2, 0) is 0 Å². The maximum absolute atomic E-state index is 8.65. The summed E-state index contributed by atoms with van der Waals surface area (Å²) >= 11 is 0. The molecule has 0 aliphatic carbocycles. The summed E-state index contributed by atoms with van der Waals surface area (Å²) < 4.78 is 0. The van der Waals surface area contributed by atoms with Gasteiger partial charge in [-0.2, -0.15) is 10.5 Å². The lowest BCUT2D eigenvalue weighted by Gasteiger charge is -2.20. The minimum absolute atomic E-state index is 0.0975. The SMILES string of the molecule is CCC(C#N)N(CC)CC#N. The smallest absolute Gasteiger partial charge is 0.0983 e. The third-order valence-electron chi connectivity index (χ3n) is 1.66. The second-order valence-electron chi connectivity index (χ2n) is 2.27. The fraction of sp³-hybridized carbons (Fsp3) is 0.750. The zero-order chi connectivity index (χ0) is 8.69. The van der Waals surface area contributed by atoms with Crippen molar-refractivity contribution in [3.8, 4) is 12.1 Å². The van der Waals surface area contributed by atoms with E-state index in [0.29, 0.717) is 6.54 Å². The average molecular weight is 151 g/mol. The van der Waals surface area contributed by atoms with Crippen LogP contribution in [-0.4, -0.2) is 24.0 Å². The van der Waals surface area contributed by atoms with Crippen LogP contribution in [0.1, 0.15) is 20.3 Å². The molecule has 0 saturated heterocycles. The van der Waals surface area contributed by atoms with Crippen LogP contribution in [0.15, 0.2) is 0 Å². The molecule has 0 radical (unpaired) electrons. The molecule has 0 rings (SSSR count). The van der Waals surface area contributed by atoms with Crippen LogP contribution in [0.4, 0.5) is 0 Å². The predicted octanol–water partition coefficient (Wildman–Crippen LogP) is 1.13. The minimum Gasteiger partial charge on any atom is -0.275 e. The molecule has 3 heteroatoms. The van der Waals surface area contributed by atoms with Gasteiger partial charge in [-0.1, -0.05) is 13.8 Å². The highest BCUT2D eigenvalue weighted by atomic mass is 15.1. The van der Waals surface area contributed by atoms with Gasteiger partial charge < -0.3 is 0 Å². The van der Waals surface area contributed by atoms with E-state index in [-0.39, 0.29) is 6.04 Å². The Labute approximate surface area is 67.8 Å². The van der Waals surface area contributed by atoms with Gasteiger partial charge >= 0.3 is 0 Å². The van der Waals surface area contributed by atoms with E-state index in [0.717, 1.165) is 13.0 Å². The molecule has 0 aromatic rings. The van der Waals surface area contributed by atoms with Gasteiger partial charge in [0.15, 0.2) is 0 Å². The molecule has 0 bridgehead atoms. The highest BCUT2D eigenvalue weighted by Gasteiger charge is 2.12. The lowest BCUT2D eigenvalue weighted by molar-refractivity contribution is 0.270. The maximum atomic E-state index is 8.65. The van der Waals surface area contributed by atoms with Gasteiger partial charge in [-0.05, 0) is 13.0 Å². The monoisotopic (exact) mass is 151 g/mol. The summed E-state index contributed by atoms with van der Waals surface area (Å²) in [5.41, 5.74) is 0. The van der Waals surface area contributed by atoms with Gasteiger partial charge in [0.25, 0.3) is 0 Å². The molecule has 0 aliphatic heterocycles. The highest BCUT2D eigenvalue weighted by Crippen LogP contribution is 2.00. The first-order chi connectivity index (χ1) is 5.29. The van der Waals surface area contributed by atoms with Crippen LogP contribution in [0, 0.1) is 22.7 Å². The summed E-state index contributed by atoms with van der Waals surface area (Å²) in [4.78, 5) is 1.86. The van der Waals surface area contributed by atoms with E-state index in [9.17, 15) is 0 Å². The molecule has 0 N–H and O–H groups in total. The average Bonchev–Trinajstić information content (AvgIpc) is 2.05. The van der Waals surface area contributed by atoms with Crippen molar-refractivity contribution in [3.63, 3.8) is 0 Å². The number of hydrogen-bond donors (Lipinski definition) is 0. The molecule has 0 aromatic carbocycles. The Morgan fingerprint density at radius 2 is 2.00 bits per heavy atom. The predicted molar refractivity (Wildman–Crippen MR) is 42.6 cm³/mol. The third kappa shape index (κ3) is 3.02. The molecule has 11 heavy (non-hydrogen) atoms. The Morgan fingerprint density at radius 3 is 2.27 bits per heavy atom. The number of nitrogens with zero attached hydrogens (tertiary/aromatic N) is 3. The van der Waals surface area contributed by atoms with Crippen molar-refractivity contribution in [2.24, 2.45) is 0 Å². The minimum atomic E-state index is -0.0975. The largest absolute Gasteiger partial charge is 0.275 e. The summed E-state index contributed by atoms with van der Waals surface area (Å²) in [6, 6.07) is 4.11. The quantitative estimate of drug-likeness (QED) is 0.566. The highest BCUT2D eigenvalue weighted by molar-refractivity contribution is 4.93. The van der Waals surface area contributed by atoms with Crippen molar-refractivity contribution in [3.05, 3.63) is 0 Å². The van der Waals surface area contributed by atoms with Crippen LogP contribution in [0.5, 0.6) is 0 Å². The molecule has 1 unspecified atom stereocenters. The van der Waals surface area contributed by atoms with Crippen LogP contribution in [0.2, 0.25) is 0 Å². The topological polar surface area (TPSA) is 50.8 Å². The van der Waals surface area contributed by atoms with Gasteiger partial charge in [0.1, 0.15) is 0 Å². The number of rotatable bonds is 4. The third-order valence-corrected chi connectivity index (χ3v) is 1.66. The summed E-state index contributed by atoms with van der Waals surface area (Å²) in [7, 11) is 0. The molecule has 60 valence electrons. The molecule has 0 aromatic heterocycles. The van der Waals surface area contributed by atoms with Crippen molar-refractivity contribution < 1.29 is 0 Å². The van der Waals surface area contributed by atoms with E-state index in [1.165, 1.54) is 0 Å². The van der Waals surface area contributed by atoms with Gasteiger partial charge in [-0.25, -0.2) is 0 Å². The van der Waals surface area contributed by atoms with Crippen molar-refractivity contribution in [1.29, 1.82) is 10.5 Å². The van der Waals surface area contributed by atoms with Gasteiger partial charge in [0, 0.05) is 0 Å². The molecule has 1 atom stereocenters. The van der Waals surface area contributed by atoms with Gasteiger partial charge in [0.2, 0.25) is 0 Å². The second kappa shape index (κ2) is 5.70. The van der Waals surface area contributed by atoms with Crippen molar-refractivity contribution in [2.75, 3.05) is 13.1 Å². The van der Waals surface area contributed by atoms with Crippen molar-refractivity contribution in [1.82, 2.24) is 4.90 Å². The summed E-state index contributed by atoms with van der Waals surface area (Å²) in [6.45, 7) is 5.02. The van der Waals surface area contributed by atoms with Crippen LogP contribution >= 0.6 is 0 Å². The first-order valence-electron chi connectivity index (χ1n) is 3.80. The Bertz CT molecular complexity index is 175. The lowest BCUT2D eigenvalue weighted by atomic mass is 10.2. The molecule has 0 spiro atoms. The zero-order valence-corrected chi connectivity index (χ0v) is 7.04. The second-order valence-corrected chi connectivity index (χ2v) is 2.27.